The average molecular weight is 299 g/mol. The predicted octanol–water partition coefficient (Wildman–Crippen LogP) is 2.73. The lowest BCUT2D eigenvalue weighted by molar-refractivity contribution is 0.404. The molecule has 1 aromatic heterocycles. The summed E-state index contributed by atoms with van der Waals surface area (Å²) in [6, 6.07) is 10.2. The lowest BCUT2D eigenvalue weighted by Crippen LogP contribution is -2.36. The van der Waals surface area contributed by atoms with Gasteiger partial charge in [0.05, 0.1) is 26.0 Å². The van der Waals surface area contributed by atoms with Crippen molar-refractivity contribution in [1.29, 1.82) is 0 Å². The lowest BCUT2D eigenvalue weighted by atomic mass is 10.1. The van der Waals surface area contributed by atoms with Gasteiger partial charge >= 0.3 is 0 Å². The van der Waals surface area contributed by atoms with E-state index in [2.05, 4.69) is 21.3 Å². The Balaban J connectivity index is 1.67. The Morgan fingerprint density at radius 1 is 1.36 bits per heavy atom. The number of ether oxygens (including phenoxy) is 1. The minimum absolute atomic E-state index is 0.152. The fraction of sp³-hybridized carbons (Fsp3) is 0.353. The van der Waals surface area contributed by atoms with Gasteiger partial charge in [0, 0.05) is 24.7 Å². The second-order valence-corrected chi connectivity index (χ2v) is 5.46. The number of para-hydroxylation sites is 1. The Kier molecular flexibility index (Phi) is 4.04. The van der Waals surface area contributed by atoms with Crippen LogP contribution in [0, 0.1) is 6.92 Å². The highest BCUT2D eigenvalue weighted by Crippen LogP contribution is 2.27. The first-order valence-electron chi connectivity index (χ1n) is 7.37. The zero-order chi connectivity index (χ0) is 15.5. The molecule has 0 aliphatic carbocycles. The van der Waals surface area contributed by atoms with Crippen molar-refractivity contribution in [3.63, 3.8) is 0 Å². The first-order chi connectivity index (χ1) is 10.7. The minimum atomic E-state index is 0.152. The number of rotatable bonds is 4. The maximum Gasteiger partial charge on any atom is 0.194 e. The molecule has 1 unspecified atom stereocenters. The Morgan fingerprint density at radius 2 is 2.18 bits per heavy atom. The summed E-state index contributed by atoms with van der Waals surface area (Å²) >= 11 is 0. The molecule has 2 heterocycles. The summed E-state index contributed by atoms with van der Waals surface area (Å²) in [7, 11) is 3.73. The summed E-state index contributed by atoms with van der Waals surface area (Å²) in [5.41, 5.74) is 2.31. The van der Waals surface area contributed by atoms with Crippen molar-refractivity contribution in [1.82, 2.24) is 10.2 Å². The number of hydrogen-bond acceptors (Lipinski definition) is 5. The van der Waals surface area contributed by atoms with Crippen LogP contribution in [0.25, 0.3) is 0 Å². The van der Waals surface area contributed by atoms with E-state index < -0.39 is 0 Å². The molecule has 1 N–H and O–H groups in total. The number of furan rings is 1. The van der Waals surface area contributed by atoms with Gasteiger partial charge in [0.2, 0.25) is 0 Å². The Labute approximate surface area is 130 Å². The molecule has 0 radical (unpaired) electrons. The van der Waals surface area contributed by atoms with Gasteiger partial charge in [0.1, 0.15) is 11.5 Å². The molecular weight excluding hydrogens is 278 g/mol. The highest BCUT2D eigenvalue weighted by molar-refractivity contribution is 5.82. The first-order valence-corrected chi connectivity index (χ1v) is 7.37. The van der Waals surface area contributed by atoms with Gasteiger partial charge < -0.3 is 19.4 Å². The number of benzene rings is 1. The lowest BCUT2D eigenvalue weighted by Gasteiger charge is -2.21. The van der Waals surface area contributed by atoms with Gasteiger partial charge in [-0.1, -0.05) is 18.2 Å². The van der Waals surface area contributed by atoms with Crippen molar-refractivity contribution >= 4 is 5.96 Å². The molecule has 0 fully saturated rings. The monoisotopic (exact) mass is 299 g/mol. The van der Waals surface area contributed by atoms with E-state index in [0.717, 1.165) is 29.6 Å². The minimum Gasteiger partial charge on any atom is -0.496 e. The van der Waals surface area contributed by atoms with Crippen LogP contribution < -0.4 is 10.1 Å². The molecule has 1 aliphatic heterocycles. The van der Waals surface area contributed by atoms with E-state index in [1.165, 1.54) is 5.56 Å². The molecule has 2 aromatic rings. The number of nitrogens with zero attached hydrogens (tertiary/aromatic N) is 2. The van der Waals surface area contributed by atoms with Crippen LogP contribution in [-0.4, -0.2) is 31.6 Å². The van der Waals surface area contributed by atoms with Gasteiger partial charge in [0.25, 0.3) is 0 Å². The van der Waals surface area contributed by atoms with Crippen LogP contribution in [0.4, 0.5) is 0 Å². The molecular formula is C17H21N3O2. The highest BCUT2D eigenvalue weighted by Gasteiger charge is 2.24. The Bertz CT molecular complexity index is 678. The van der Waals surface area contributed by atoms with Crippen molar-refractivity contribution in [2.24, 2.45) is 4.99 Å². The normalized spacial score (nSPS) is 17.0. The van der Waals surface area contributed by atoms with E-state index in [4.69, 9.17) is 9.15 Å². The van der Waals surface area contributed by atoms with E-state index in [1.807, 2.05) is 38.2 Å². The predicted molar refractivity (Wildman–Crippen MR) is 86.1 cm³/mol. The number of hydrogen-bond donors (Lipinski definition) is 1. The van der Waals surface area contributed by atoms with Crippen LogP contribution in [0.3, 0.4) is 0 Å². The van der Waals surface area contributed by atoms with Gasteiger partial charge in [-0.05, 0) is 19.1 Å². The summed E-state index contributed by atoms with van der Waals surface area (Å²) in [6.45, 7) is 3.46. The van der Waals surface area contributed by atoms with Crippen LogP contribution in [-0.2, 0) is 6.54 Å². The van der Waals surface area contributed by atoms with E-state index in [9.17, 15) is 0 Å². The summed E-state index contributed by atoms with van der Waals surface area (Å²) < 4.78 is 10.8. The van der Waals surface area contributed by atoms with Gasteiger partial charge in [-0.2, -0.15) is 0 Å². The van der Waals surface area contributed by atoms with Crippen molar-refractivity contribution < 1.29 is 9.15 Å². The third kappa shape index (κ3) is 2.79. The summed E-state index contributed by atoms with van der Waals surface area (Å²) in [5.74, 6) is 2.74. The molecule has 1 aromatic carbocycles. The highest BCUT2D eigenvalue weighted by atomic mass is 16.5. The molecule has 0 bridgehead atoms. The fourth-order valence-electron chi connectivity index (χ4n) is 2.69. The molecule has 0 amide bonds. The number of aliphatic imine (C=N–C) groups is 1. The van der Waals surface area contributed by atoms with E-state index in [0.29, 0.717) is 6.54 Å². The van der Waals surface area contributed by atoms with Gasteiger partial charge in [-0.3, -0.25) is 4.99 Å². The Morgan fingerprint density at radius 3 is 2.91 bits per heavy atom. The SMILES string of the molecule is COc1ccccc1C1CN=C(N(C)Cc2ccoc2C)N1. The second kappa shape index (κ2) is 6.13. The molecule has 116 valence electrons. The summed E-state index contributed by atoms with van der Waals surface area (Å²) in [5, 5.41) is 3.48. The van der Waals surface area contributed by atoms with Crippen LogP contribution in [0.2, 0.25) is 0 Å². The van der Waals surface area contributed by atoms with Gasteiger partial charge in [-0.15, -0.1) is 0 Å². The molecule has 5 nitrogen and oxygen atoms in total. The molecule has 0 saturated carbocycles. The van der Waals surface area contributed by atoms with Gasteiger partial charge in [-0.25, -0.2) is 0 Å². The van der Waals surface area contributed by atoms with Crippen LogP contribution in [0.15, 0.2) is 46.0 Å². The van der Waals surface area contributed by atoms with Crippen molar-refractivity contribution in [2.75, 3.05) is 20.7 Å². The van der Waals surface area contributed by atoms with Crippen molar-refractivity contribution in [2.45, 2.75) is 19.5 Å². The third-order valence-electron chi connectivity index (χ3n) is 3.98. The fourth-order valence-corrected chi connectivity index (χ4v) is 2.69. The second-order valence-electron chi connectivity index (χ2n) is 5.46. The Hall–Kier alpha value is -2.43. The average Bonchev–Trinajstić information content (AvgIpc) is 3.17. The zero-order valence-electron chi connectivity index (χ0n) is 13.2. The number of methoxy groups -OCH3 is 1. The maximum absolute atomic E-state index is 5.44. The molecule has 1 atom stereocenters. The topological polar surface area (TPSA) is 50.0 Å². The third-order valence-corrected chi connectivity index (χ3v) is 3.98. The van der Waals surface area contributed by atoms with Gasteiger partial charge in [0.15, 0.2) is 5.96 Å². The van der Waals surface area contributed by atoms with Crippen LogP contribution >= 0.6 is 0 Å². The molecule has 0 saturated heterocycles. The van der Waals surface area contributed by atoms with Crippen molar-refractivity contribution in [3.8, 4) is 5.75 Å². The van der Waals surface area contributed by atoms with Crippen LogP contribution in [0.1, 0.15) is 22.9 Å². The maximum atomic E-state index is 5.44. The van der Waals surface area contributed by atoms with E-state index in [1.54, 1.807) is 13.4 Å². The zero-order valence-corrected chi connectivity index (χ0v) is 13.2. The smallest absolute Gasteiger partial charge is 0.194 e. The number of aryl methyl sites for hydroxylation is 1. The standard InChI is InChI=1S/C17H21N3O2/c1-12-13(8-9-22-12)11-20(2)17-18-10-15(19-17)14-6-4-5-7-16(14)21-3/h4-9,15H,10-11H2,1-3H3,(H,18,19). The number of nitrogens with one attached hydrogen (secondary N) is 1. The summed E-state index contributed by atoms with van der Waals surface area (Å²) in [4.78, 5) is 6.73. The van der Waals surface area contributed by atoms with Crippen LogP contribution in [0.5, 0.6) is 5.75 Å². The van der Waals surface area contributed by atoms with E-state index in [-0.39, 0.29) is 6.04 Å². The largest absolute Gasteiger partial charge is 0.496 e. The molecule has 1 aliphatic rings. The first kappa shape index (κ1) is 14.5. The van der Waals surface area contributed by atoms with E-state index >= 15 is 0 Å². The van der Waals surface area contributed by atoms with Crippen molar-refractivity contribution in [3.05, 3.63) is 53.5 Å². The molecule has 5 heteroatoms. The molecule has 22 heavy (non-hydrogen) atoms. The summed E-state index contributed by atoms with van der Waals surface area (Å²) in [6.07, 6.45) is 1.72. The molecule has 0 spiro atoms. The molecule has 3 rings (SSSR count). The number of guanidine groups is 1. The quantitative estimate of drug-likeness (QED) is 0.943.